The summed E-state index contributed by atoms with van der Waals surface area (Å²) >= 11 is 0. The van der Waals surface area contributed by atoms with E-state index in [9.17, 15) is 23.1 Å². The molecular weight excluding hydrogens is 459 g/mol. The third-order valence-corrected chi connectivity index (χ3v) is 7.91. The lowest BCUT2D eigenvalue weighted by atomic mass is 9.86. The molecule has 6 nitrogen and oxygen atoms in total. The highest BCUT2D eigenvalue weighted by Crippen LogP contribution is 2.46. The second-order valence-corrected chi connectivity index (χ2v) is 11.6. The first-order chi connectivity index (χ1) is 16.2. The largest absolute Gasteiger partial charge is 0.444 e. The van der Waals surface area contributed by atoms with Crippen molar-refractivity contribution in [2.24, 2.45) is 0 Å². The maximum atomic E-state index is 13.2. The molecule has 0 spiro atoms. The van der Waals surface area contributed by atoms with E-state index in [0.717, 1.165) is 50.2 Å². The first kappa shape index (κ1) is 26.2. The molecule has 1 aliphatic carbocycles. The van der Waals surface area contributed by atoms with Crippen LogP contribution >= 0.6 is 0 Å². The number of ether oxygens (including phenoxy) is 1. The summed E-state index contributed by atoms with van der Waals surface area (Å²) in [5.41, 5.74) is -0.0270. The van der Waals surface area contributed by atoms with Crippen LogP contribution in [-0.4, -0.2) is 75.8 Å². The highest BCUT2D eigenvalue weighted by atomic mass is 19.4. The molecule has 0 radical (unpaired) electrons. The van der Waals surface area contributed by atoms with Crippen molar-refractivity contribution in [1.82, 2.24) is 14.7 Å². The van der Waals surface area contributed by atoms with Crippen LogP contribution in [0, 0.1) is 0 Å². The van der Waals surface area contributed by atoms with Gasteiger partial charge in [0.25, 0.3) is 0 Å². The van der Waals surface area contributed by atoms with Crippen LogP contribution in [0.15, 0.2) is 18.2 Å². The summed E-state index contributed by atoms with van der Waals surface area (Å²) in [6.45, 7) is 13.8. The number of fused-ring (bicyclic) bond motifs is 1. The zero-order valence-corrected chi connectivity index (χ0v) is 21.4. The van der Waals surface area contributed by atoms with Crippen LogP contribution in [0.3, 0.4) is 0 Å². The number of rotatable bonds is 2. The van der Waals surface area contributed by atoms with E-state index in [4.69, 9.17) is 4.74 Å². The topological polar surface area (TPSA) is 56.2 Å². The molecule has 1 N–H and O–H groups in total. The van der Waals surface area contributed by atoms with Gasteiger partial charge in [-0.1, -0.05) is 6.07 Å². The van der Waals surface area contributed by atoms with E-state index in [1.165, 1.54) is 0 Å². The van der Waals surface area contributed by atoms with Gasteiger partial charge in [-0.25, -0.2) is 4.79 Å². The predicted octanol–water partition coefficient (Wildman–Crippen LogP) is 4.98. The lowest BCUT2D eigenvalue weighted by Gasteiger charge is -2.52. The highest BCUT2D eigenvalue weighted by molar-refractivity contribution is 5.68. The van der Waals surface area contributed by atoms with Gasteiger partial charge in [0.15, 0.2) is 0 Å². The van der Waals surface area contributed by atoms with Gasteiger partial charge in [0, 0.05) is 50.3 Å². The smallest absolute Gasteiger partial charge is 0.416 e. The summed E-state index contributed by atoms with van der Waals surface area (Å²) in [5.74, 6) is 0. The first-order valence-electron chi connectivity index (χ1n) is 12.6. The summed E-state index contributed by atoms with van der Waals surface area (Å²) in [6.07, 6.45) is -3.40. The van der Waals surface area contributed by atoms with Crippen molar-refractivity contribution >= 4 is 6.09 Å². The minimum atomic E-state index is -4.42. The molecule has 35 heavy (non-hydrogen) atoms. The van der Waals surface area contributed by atoms with Crippen molar-refractivity contribution in [3.8, 4) is 0 Å². The van der Waals surface area contributed by atoms with Gasteiger partial charge in [0.1, 0.15) is 5.60 Å². The Labute approximate surface area is 206 Å². The van der Waals surface area contributed by atoms with Crippen LogP contribution in [0.1, 0.15) is 82.7 Å². The summed E-state index contributed by atoms with van der Waals surface area (Å²) in [7, 11) is 0. The van der Waals surface area contributed by atoms with Crippen molar-refractivity contribution in [1.29, 1.82) is 0 Å². The number of amides is 1. The van der Waals surface area contributed by atoms with Crippen LogP contribution in [0.4, 0.5) is 18.0 Å². The van der Waals surface area contributed by atoms with Crippen molar-refractivity contribution < 1.29 is 27.8 Å². The molecule has 2 aliphatic heterocycles. The Morgan fingerprint density at radius 3 is 2.31 bits per heavy atom. The molecule has 4 rings (SSSR count). The zero-order valence-electron chi connectivity index (χ0n) is 21.4. The molecule has 0 bridgehead atoms. The number of benzene rings is 1. The average Bonchev–Trinajstić information content (AvgIpc) is 3.08. The number of nitrogens with zero attached hydrogens (tertiary/aromatic N) is 3. The van der Waals surface area contributed by atoms with Gasteiger partial charge in [-0.05, 0) is 77.1 Å². The highest BCUT2D eigenvalue weighted by Gasteiger charge is 2.44. The predicted molar refractivity (Wildman–Crippen MR) is 127 cm³/mol. The number of likely N-dealkylation sites (tertiary alicyclic amines) is 1. The molecule has 3 atom stereocenters. The molecule has 196 valence electrons. The Morgan fingerprint density at radius 2 is 1.74 bits per heavy atom. The summed E-state index contributed by atoms with van der Waals surface area (Å²) in [4.78, 5) is 19.1. The number of hydrogen-bond acceptors (Lipinski definition) is 5. The summed E-state index contributed by atoms with van der Waals surface area (Å²) in [5, 5.41) is 10.5. The lowest BCUT2D eigenvalue weighted by molar-refractivity contribution is -0.137. The minimum Gasteiger partial charge on any atom is -0.444 e. The van der Waals surface area contributed by atoms with Gasteiger partial charge in [-0.15, -0.1) is 0 Å². The van der Waals surface area contributed by atoms with Crippen molar-refractivity contribution in [2.45, 2.75) is 89.4 Å². The second-order valence-electron chi connectivity index (χ2n) is 11.6. The Morgan fingerprint density at radius 1 is 1.09 bits per heavy atom. The molecule has 1 amide bonds. The third kappa shape index (κ3) is 5.47. The molecule has 2 heterocycles. The van der Waals surface area contributed by atoms with Crippen LogP contribution in [0.2, 0.25) is 0 Å². The summed E-state index contributed by atoms with van der Waals surface area (Å²) < 4.78 is 45.0. The van der Waals surface area contributed by atoms with E-state index in [1.807, 2.05) is 20.8 Å². The van der Waals surface area contributed by atoms with Gasteiger partial charge in [-0.3, -0.25) is 9.80 Å². The molecule has 1 aromatic carbocycles. The maximum absolute atomic E-state index is 13.2. The number of aliphatic hydroxyl groups excluding tert-OH is 1. The molecule has 1 aromatic rings. The molecule has 0 saturated carbocycles. The lowest BCUT2D eigenvalue weighted by Crippen LogP contribution is -2.62. The first-order valence-corrected chi connectivity index (χ1v) is 12.6. The fraction of sp³-hybridized carbons (Fsp3) is 0.731. The van der Waals surface area contributed by atoms with E-state index in [0.29, 0.717) is 25.1 Å². The van der Waals surface area contributed by atoms with Crippen molar-refractivity contribution in [2.75, 3.05) is 32.7 Å². The molecule has 1 unspecified atom stereocenters. The van der Waals surface area contributed by atoms with Crippen LogP contribution in [0.25, 0.3) is 0 Å². The van der Waals surface area contributed by atoms with Gasteiger partial charge < -0.3 is 14.7 Å². The van der Waals surface area contributed by atoms with Crippen molar-refractivity contribution in [3.63, 3.8) is 0 Å². The molecule has 0 aromatic heterocycles. The monoisotopic (exact) mass is 497 g/mol. The normalized spacial score (nSPS) is 28.1. The second kappa shape index (κ2) is 9.23. The Bertz CT molecular complexity index is 938. The van der Waals surface area contributed by atoms with E-state index in [-0.39, 0.29) is 23.7 Å². The van der Waals surface area contributed by atoms with Gasteiger partial charge in [-0.2, -0.15) is 13.2 Å². The minimum absolute atomic E-state index is 0.0203. The molecule has 2 saturated heterocycles. The Kier molecular flexibility index (Phi) is 6.92. The van der Waals surface area contributed by atoms with E-state index >= 15 is 0 Å². The van der Waals surface area contributed by atoms with Crippen LogP contribution in [-0.2, 0) is 10.9 Å². The third-order valence-electron chi connectivity index (χ3n) is 7.91. The number of carbonyl (C=O) groups excluding carboxylic acids is 1. The van der Waals surface area contributed by atoms with E-state index in [1.54, 1.807) is 11.0 Å². The SMILES string of the molecule is C[C@H]1CN(C2(C)CCN(C(=O)OC(C)(C)C)CC2)CCN1[C@H]1CC(O)c2cc(C(F)(F)F)ccc21. The number of alkyl halides is 3. The maximum Gasteiger partial charge on any atom is 0.416 e. The molecular formula is C26H38F3N3O3. The van der Waals surface area contributed by atoms with Gasteiger partial charge in [0.05, 0.1) is 11.7 Å². The number of halogens is 3. The van der Waals surface area contributed by atoms with Gasteiger partial charge in [0.2, 0.25) is 0 Å². The molecule has 3 aliphatic rings. The number of hydrogen-bond donors (Lipinski definition) is 1. The Hall–Kier alpha value is -1.84. The molecule has 9 heteroatoms. The fourth-order valence-electron chi connectivity index (χ4n) is 5.86. The fourth-order valence-corrected chi connectivity index (χ4v) is 5.86. The van der Waals surface area contributed by atoms with Crippen molar-refractivity contribution in [3.05, 3.63) is 34.9 Å². The zero-order chi connectivity index (χ0) is 25.8. The number of piperazine rings is 1. The van der Waals surface area contributed by atoms with Crippen LogP contribution < -0.4 is 0 Å². The summed E-state index contributed by atoms with van der Waals surface area (Å²) in [6, 6.07) is 3.90. The quantitative estimate of drug-likeness (QED) is 0.625. The standard InChI is InChI=1S/C26H38F3N3O3/c1-17-16-31(25(5)8-10-30(11-9-25)23(34)35-24(2,3)4)12-13-32(17)21-15-22(33)20-14-18(26(27,28)29)6-7-19(20)21/h6-7,14,17,21-22,33H,8-13,15-16H2,1-5H3/t17-,21-,22?/m0/s1. The number of carbonyl (C=O) groups is 1. The molecule has 2 fully saturated rings. The van der Waals surface area contributed by atoms with Crippen LogP contribution in [0.5, 0.6) is 0 Å². The Balaban J connectivity index is 1.39. The number of aliphatic hydroxyl groups is 1. The van der Waals surface area contributed by atoms with E-state index in [2.05, 4.69) is 23.6 Å². The average molecular weight is 498 g/mol. The van der Waals surface area contributed by atoms with Gasteiger partial charge >= 0.3 is 12.3 Å². The van der Waals surface area contributed by atoms with E-state index < -0.39 is 23.4 Å². The number of piperidine rings is 1.